The first-order valence-corrected chi connectivity index (χ1v) is 42.2. The maximum Gasteiger partial charge on any atom is 0.472 e. The maximum absolute atomic E-state index is 13.1. The van der Waals surface area contributed by atoms with Gasteiger partial charge in [-0.1, -0.05) is 331 Å². The Kier molecular flexibility index (Phi) is 64.0. The lowest BCUT2D eigenvalue weighted by atomic mass is 10.0. The molecule has 5 atom stereocenters. The second kappa shape index (κ2) is 65.4. The average molecular weight is 1400 g/mol. The van der Waals surface area contributed by atoms with Crippen molar-refractivity contribution in [3.05, 3.63) is 0 Å². The molecule has 3 unspecified atom stereocenters. The van der Waals surface area contributed by atoms with Gasteiger partial charge in [0.2, 0.25) is 0 Å². The van der Waals surface area contributed by atoms with Crippen LogP contribution in [0.5, 0.6) is 0 Å². The van der Waals surface area contributed by atoms with E-state index in [1.165, 1.54) is 186 Å². The maximum atomic E-state index is 13.1. The van der Waals surface area contributed by atoms with Crippen molar-refractivity contribution in [1.29, 1.82) is 0 Å². The van der Waals surface area contributed by atoms with Gasteiger partial charge in [-0.25, -0.2) is 9.13 Å². The summed E-state index contributed by atoms with van der Waals surface area (Å²) in [5, 5.41) is 10.6. The highest BCUT2D eigenvalue weighted by molar-refractivity contribution is 7.47. The van der Waals surface area contributed by atoms with Gasteiger partial charge in [0.05, 0.1) is 26.4 Å². The van der Waals surface area contributed by atoms with E-state index < -0.39 is 97.5 Å². The summed E-state index contributed by atoms with van der Waals surface area (Å²) in [7, 11) is -9.91. The molecule has 0 bridgehead atoms. The quantitative estimate of drug-likeness (QED) is 0.0222. The van der Waals surface area contributed by atoms with E-state index >= 15 is 0 Å². The van der Waals surface area contributed by atoms with Gasteiger partial charge in [0.15, 0.2) is 12.2 Å². The first-order valence-electron chi connectivity index (χ1n) is 39.2. The third-order valence-corrected chi connectivity index (χ3v) is 19.5. The zero-order valence-electron chi connectivity index (χ0n) is 62.3. The molecule has 0 radical (unpaired) electrons. The number of phosphoric acid groups is 2. The molecule has 3 N–H and O–H groups in total. The summed E-state index contributed by atoms with van der Waals surface area (Å²) in [5.41, 5.74) is 0. The highest BCUT2D eigenvalue weighted by atomic mass is 31.2. The highest BCUT2D eigenvalue weighted by Gasteiger charge is 2.30. The van der Waals surface area contributed by atoms with E-state index in [4.69, 9.17) is 37.0 Å². The first-order chi connectivity index (χ1) is 45.6. The van der Waals surface area contributed by atoms with Crippen molar-refractivity contribution in [3.63, 3.8) is 0 Å². The molecule has 19 heteroatoms. The van der Waals surface area contributed by atoms with Crippen LogP contribution < -0.4 is 0 Å². The Morgan fingerprint density at radius 2 is 0.442 bits per heavy atom. The van der Waals surface area contributed by atoms with E-state index in [1.807, 2.05) is 0 Å². The van der Waals surface area contributed by atoms with E-state index in [1.54, 1.807) is 0 Å². The van der Waals surface area contributed by atoms with Crippen molar-refractivity contribution in [3.8, 4) is 0 Å². The number of aliphatic hydroxyl groups is 1. The van der Waals surface area contributed by atoms with Gasteiger partial charge in [-0.15, -0.1) is 0 Å². The lowest BCUT2D eigenvalue weighted by Crippen LogP contribution is -2.30. The molecular weight excluding hydrogens is 1250 g/mol. The molecule has 0 fully saturated rings. The van der Waals surface area contributed by atoms with Gasteiger partial charge >= 0.3 is 39.5 Å². The molecule has 0 rings (SSSR count). The Bertz CT molecular complexity index is 1870. The van der Waals surface area contributed by atoms with Crippen molar-refractivity contribution in [2.75, 3.05) is 39.6 Å². The molecule has 0 amide bonds. The molecule has 17 nitrogen and oxygen atoms in total. The standard InChI is InChI=1S/C76H148O17P2/c1-66(2)52-44-36-28-20-16-13-11-9-10-12-14-18-23-34-42-50-58-75(80)92-71(62-86-73(78)56-48-40-32-22-19-15-17-21-29-37-45-53-67(3)4)64-90-94(82,83)88-60-70(77)61-89-95(84,85)91-65-72(93-76(81)59-51-43-35-27-25-31-39-47-55-69(7)8)63-87-74(79)57-49-41-33-26-24-30-38-46-54-68(5)6/h66-72,77H,9-65H2,1-8H3,(H,82,83)(H,84,85)/t70?,71-,72-/m1/s1. The predicted octanol–water partition coefficient (Wildman–Crippen LogP) is 22.0. The molecule has 0 saturated carbocycles. The van der Waals surface area contributed by atoms with E-state index in [2.05, 4.69) is 55.4 Å². The van der Waals surface area contributed by atoms with E-state index in [-0.39, 0.29) is 25.7 Å². The Labute approximate surface area is 581 Å². The number of carbonyl (C=O) groups excluding carboxylic acids is 4. The fourth-order valence-corrected chi connectivity index (χ4v) is 13.1. The van der Waals surface area contributed by atoms with Crippen LogP contribution in [0.3, 0.4) is 0 Å². The third kappa shape index (κ3) is 70.3. The van der Waals surface area contributed by atoms with Gasteiger partial charge in [0.1, 0.15) is 19.3 Å². The average Bonchev–Trinajstić information content (AvgIpc) is 1.37. The Balaban J connectivity index is 5.24. The van der Waals surface area contributed by atoms with Gasteiger partial charge in [-0.05, 0) is 49.4 Å². The number of hydrogen-bond donors (Lipinski definition) is 3. The largest absolute Gasteiger partial charge is 0.472 e. The summed E-state index contributed by atoms with van der Waals surface area (Å²) < 4.78 is 68.5. The second-order valence-electron chi connectivity index (χ2n) is 29.3. The summed E-state index contributed by atoms with van der Waals surface area (Å²) in [6, 6.07) is 0. The van der Waals surface area contributed by atoms with Crippen LogP contribution in [-0.2, 0) is 65.4 Å². The Morgan fingerprint density at radius 1 is 0.263 bits per heavy atom. The summed E-state index contributed by atoms with van der Waals surface area (Å²) in [5.74, 6) is 0.902. The minimum Gasteiger partial charge on any atom is -0.462 e. The van der Waals surface area contributed by atoms with Crippen LogP contribution in [0.4, 0.5) is 0 Å². The van der Waals surface area contributed by atoms with E-state index in [0.717, 1.165) is 114 Å². The van der Waals surface area contributed by atoms with E-state index in [9.17, 15) is 43.2 Å². The van der Waals surface area contributed by atoms with Crippen LogP contribution in [0.2, 0.25) is 0 Å². The number of hydrogen-bond acceptors (Lipinski definition) is 15. The fourth-order valence-electron chi connectivity index (χ4n) is 11.6. The fraction of sp³-hybridized carbons (Fsp3) is 0.947. The van der Waals surface area contributed by atoms with Crippen molar-refractivity contribution < 1.29 is 80.2 Å². The van der Waals surface area contributed by atoms with Crippen molar-refractivity contribution in [1.82, 2.24) is 0 Å². The summed E-state index contributed by atoms with van der Waals surface area (Å²) in [4.78, 5) is 72.8. The summed E-state index contributed by atoms with van der Waals surface area (Å²) in [6.07, 6.45) is 50.1. The van der Waals surface area contributed by atoms with Crippen LogP contribution in [0.1, 0.15) is 383 Å². The van der Waals surface area contributed by atoms with Crippen LogP contribution in [0.15, 0.2) is 0 Å². The Hall–Kier alpha value is -1.94. The number of unbranched alkanes of at least 4 members (excludes halogenated alkanes) is 39. The number of esters is 4. The molecule has 0 aliphatic heterocycles. The smallest absolute Gasteiger partial charge is 0.462 e. The molecule has 0 aromatic rings. The van der Waals surface area contributed by atoms with Crippen molar-refractivity contribution >= 4 is 39.5 Å². The van der Waals surface area contributed by atoms with Gasteiger partial charge in [0, 0.05) is 25.7 Å². The summed E-state index contributed by atoms with van der Waals surface area (Å²) in [6.45, 7) is 14.2. The van der Waals surface area contributed by atoms with Gasteiger partial charge in [-0.2, -0.15) is 0 Å². The van der Waals surface area contributed by atoms with Crippen LogP contribution >= 0.6 is 15.6 Å². The molecule has 0 aliphatic carbocycles. The second-order valence-corrected chi connectivity index (χ2v) is 32.2. The number of ether oxygens (including phenoxy) is 4. The predicted molar refractivity (Wildman–Crippen MR) is 386 cm³/mol. The van der Waals surface area contributed by atoms with Crippen LogP contribution in [-0.4, -0.2) is 96.7 Å². The molecule has 0 heterocycles. The Morgan fingerprint density at radius 3 is 0.653 bits per heavy atom. The normalized spacial score (nSPS) is 14.1. The van der Waals surface area contributed by atoms with Crippen LogP contribution in [0.25, 0.3) is 0 Å². The van der Waals surface area contributed by atoms with Gasteiger partial charge in [0.25, 0.3) is 0 Å². The van der Waals surface area contributed by atoms with Gasteiger partial charge < -0.3 is 33.8 Å². The molecular formula is C76H148O17P2. The molecule has 0 aromatic carbocycles. The van der Waals surface area contributed by atoms with E-state index in [0.29, 0.717) is 25.7 Å². The number of carbonyl (C=O) groups is 4. The SMILES string of the molecule is CC(C)CCCCCCCCCCCCCCCCCCC(=O)O[C@H](COC(=O)CCCCCCCCCCCCCC(C)C)COP(=O)(O)OCC(O)COP(=O)(O)OC[C@@H](COC(=O)CCCCCCCCCCC(C)C)OC(=O)CCCCCCCCCCC(C)C. The minimum atomic E-state index is -4.96. The van der Waals surface area contributed by atoms with Gasteiger partial charge in [-0.3, -0.25) is 37.3 Å². The molecule has 0 spiro atoms. The number of aliphatic hydroxyl groups excluding tert-OH is 1. The lowest BCUT2D eigenvalue weighted by Gasteiger charge is -2.21. The molecule has 95 heavy (non-hydrogen) atoms. The zero-order valence-corrected chi connectivity index (χ0v) is 64.1. The third-order valence-electron chi connectivity index (χ3n) is 17.6. The molecule has 0 aliphatic rings. The molecule has 564 valence electrons. The van der Waals surface area contributed by atoms with Crippen molar-refractivity contribution in [2.24, 2.45) is 23.7 Å². The minimum absolute atomic E-state index is 0.104. The molecule has 0 aromatic heterocycles. The topological polar surface area (TPSA) is 237 Å². The zero-order chi connectivity index (χ0) is 70.3. The number of rotatable bonds is 73. The molecule has 0 saturated heterocycles. The first kappa shape index (κ1) is 93.1. The van der Waals surface area contributed by atoms with Crippen LogP contribution in [0, 0.1) is 23.7 Å². The number of phosphoric ester groups is 2. The lowest BCUT2D eigenvalue weighted by molar-refractivity contribution is -0.161. The highest BCUT2D eigenvalue weighted by Crippen LogP contribution is 2.45. The monoisotopic (exact) mass is 1400 g/mol. The van der Waals surface area contributed by atoms with Crippen molar-refractivity contribution in [2.45, 2.75) is 401 Å². The summed E-state index contributed by atoms with van der Waals surface area (Å²) >= 11 is 0.